The maximum Gasteiger partial charge on any atom is 0.186 e. The topological polar surface area (TPSA) is 79.3 Å². The molecule has 1 unspecified atom stereocenters. The third kappa shape index (κ3) is 9.09. The summed E-state index contributed by atoms with van der Waals surface area (Å²) < 4.78 is 6.14. The van der Waals surface area contributed by atoms with Crippen LogP contribution in [-0.2, 0) is 4.74 Å². The van der Waals surface area contributed by atoms with Gasteiger partial charge >= 0.3 is 0 Å². The molecule has 0 spiro atoms. The lowest BCUT2D eigenvalue weighted by molar-refractivity contribution is 0.0159. The van der Waals surface area contributed by atoms with Crippen LogP contribution in [0.1, 0.15) is 82.1 Å². The first-order chi connectivity index (χ1) is 11.4. The maximum atomic E-state index is 9.12. The van der Waals surface area contributed by atoms with E-state index in [1.54, 1.807) is 11.8 Å². The lowest BCUT2D eigenvalue weighted by atomic mass is 9.73. The van der Waals surface area contributed by atoms with E-state index < -0.39 is 0 Å². The number of hydrogen-bond acceptors (Lipinski definition) is 5. The molecule has 0 radical (unpaired) electrons. The van der Waals surface area contributed by atoms with Gasteiger partial charge in [0.15, 0.2) is 5.90 Å². The van der Waals surface area contributed by atoms with Gasteiger partial charge in [0.25, 0.3) is 0 Å². The standard InChI is InChI=1S/C21H44N2O2S/c1-15(2)18(3,4)13-20(7,8)25-17(23)19(5,6)14-21(9,10)26-12-16(22)11-24/h15-16,23-24H,11-14,22H2,1-10H3. The molecule has 0 aliphatic heterocycles. The maximum absolute atomic E-state index is 9.12. The smallest absolute Gasteiger partial charge is 0.186 e. The van der Waals surface area contributed by atoms with Crippen molar-refractivity contribution in [3.05, 3.63) is 0 Å². The predicted octanol–water partition coefficient (Wildman–Crippen LogP) is 5.08. The zero-order chi connectivity index (χ0) is 21.0. The van der Waals surface area contributed by atoms with Gasteiger partial charge in [-0.25, -0.2) is 0 Å². The van der Waals surface area contributed by atoms with Crippen LogP contribution in [0.5, 0.6) is 0 Å². The Hall–Kier alpha value is -0.260. The Morgan fingerprint density at radius 1 is 1.04 bits per heavy atom. The van der Waals surface area contributed by atoms with Gasteiger partial charge in [-0.05, 0) is 38.0 Å². The van der Waals surface area contributed by atoms with Crippen molar-refractivity contribution in [3.8, 4) is 0 Å². The van der Waals surface area contributed by atoms with Crippen LogP contribution in [0, 0.1) is 22.2 Å². The lowest BCUT2D eigenvalue weighted by Gasteiger charge is -2.41. The molecular formula is C21H44N2O2S. The molecule has 0 rings (SSSR count). The number of aliphatic hydroxyl groups excluding tert-OH is 1. The summed E-state index contributed by atoms with van der Waals surface area (Å²) in [7, 11) is 0. The molecule has 0 saturated heterocycles. The van der Waals surface area contributed by atoms with Crippen LogP contribution in [0.3, 0.4) is 0 Å². The fourth-order valence-electron chi connectivity index (χ4n) is 3.33. The Balaban J connectivity index is 4.95. The highest BCUT2D eigenvalue weighted by atomic mass is 32.2. The van der Waals surface area contributed by atoms with Crippen LogP contribution in [0.15, 0.2) is 0 Å². The predicted molar refractivity (Wildman–Crippen MR) is 116 cm³/mol. The molecule has 0 heterocycles. The molecule has 0 saturated carbocycles. The minimum absolute atomic E-state index is 0.00519. The van der Waals surface area contributed by atoms with Gasteiger partial charge < -0.3 is 15.6 Å². The molecule has 0 aromatic rings. The number of hydrogen-bond donors (Lipinski definition) is 3. The summed E-state index contributed by atoms with van der Waals surface area (Å²) >= 11 is 1.75. The summed E-state index contributed by atoms with van der Waals surface area (Å²) in [4.78, 5) is 0. The van der Waals surface area contributed by atoms with Gasteiger partial charge in [0.05, 0.1) is 6.61 Å². The van der Waals surface area contributed by atoms with E-state index in [0.717, 1.165) is 12.8 Å². The number of nitrogens with one attached hydrogen (secondary N) is 1. The SMILES string of the molecule is CC(C)C(C)(C)CC(C)(C)OC(=N)C(C)(C)CC(C)(C)SCC(N)CO. The van der Waals surface area contributed by atoms with Gasteiger partial charge in [-0.1, -0.05) is 55.4 Å². The molecule has 26 heavy (non-hydrogen) atoms. The number of thioether (sulfide) groups is 1. The van der Waals surface area contributed by atoms with Crippen molar-refractivity contribution in [2.24, 2.45) is 22.5 Å². The zero-order valence-corrected chi connectivity index (χ0v) is 19.6. The van der Waals surface area contributed by atoms with E-state index in [-0.39, 0.29) is 33.8 Å². The summed E-state index contributed by atoms with van der Waals surface area (Å²) in [6, 6.07) is -0.199. The van der Waals surface area contributed by atoms with Crippen LogP contribution < -0.4 is 5.73 Å². The lowest BCUT2D eigenvalue weighted by Crippen LogP contribution is -2.41. The van der Waals surface area contributed by atoms with Crippen molar-refractivity contribution in [1.29, 1.82) is 5.41 Å². The molecule has 156 valence electrons. The van der Waals surface area contributed by atoms with Crippen molar-refractivity contribution in [2.75, 3.05) is 12.4 Å². The fraction of sp³-hybridized carbons (Fsp3) is 0.952. The van der Waals surface area contributed by atoms with E-state index in [4.69, 9.17) is 21.0 Å². The molecule has 5 heteroatoms. The first-order valence-corrected chi connectivity index (χ1v) is 10.7. The average Bonchev–Trinajstić information content (AvgIpc) is 2.41. The van der Waals surface area contributed by atoms with E-state index >= 15 is 0 Å². The van der Waals surface area contributed by atoms with Crippen LogP contribution in [0.25, 0.3) is 0 Å². The van der Waals surface area contributed by atoms with Gasteiger partial charge in [0, 0.05) is 22.0 Å². The number of nitrogens with two attached hydrogens (primary N) is 1. The Labute approximate surface area is 166 Å². The molecule has 1 atom stereocenters. The summed E-state index contributed by atoms with van der Waals surface area (Å²) in [5, 5.41) is 17.7. The Morgan fingerprint density at radius 3 is 1.96 bits per heavy atom. The summed E-state index contributed by atoms with van der Waals surface area (Å²) in [5.41, 5.74) is 5.25. The molecule has 0 amide bonds. The molecule has 4 nitrogen and oxygen atoms in total. The number of rotatable bonds is 11. The molecule has 0 aliphatic rings. The molecule has 0 aliphatic carbocycles. The Bertz CT molecular complexity index is 457. The largest absolute Gasteiger partial charge is 0.475 e. The van der Waals surface area contributed by atoms with E-state index in [1.807, 2.05) is 0 Å². The minimum atomic E-state index is -0.376. The summed E-state index contributed by atoms with van der Waals surface area (Å²) in [6.07, 6.45) is 1.71. The Kier molecular flexibility index (Phi) is 9.20. The van der Waals surface area contributed by atoms with Gasteiger partial charge in [0.2, 0.25) is 0 Å². The van der Waals surface area contributed by atoms with E-state index in [2.05, 4.69) is 69.2 Å². The van der Waals surface area contributed by atoms with Crippen molar-refractivity contribution >= 4 is 17.7 Å². The average molecular weight is 389 g/mol. The van der Waals surface area contributed by atoms with Crippen LogP contribution in [0.2, 0.25) is 0 Å². The first kappa shape index (κ1) is 25.7. The zero-order valence-electron chi connectivity index (χ0n) is 18.8. The monoisotopic (exact) mass is 388 g/mol. The molecule has 4 N–H and O–H groups in total. The van der Waals surface area contributed by atoms with Gasteiger partial charge in [0.1, 0.15) is 5.60 Å². The van der Waals surface area contributed by atoms with Crippen molar-refractivity contribution in [3.63, 3.8) is 0 Å². The van der Waals surface area contributed by atoms with Crippen molar-refractivity contribution < 1.29 is 9.84 Å². The highest BCUT2D eigenvalue weighted by Gasteiger charge is 2.39. The Morgan fingerprint density at radius 2 is 1.54 bits per heavy atom. The summed E-state index contributed by atoms with van der Waals surface area (Å²) in [6.45, 7) is 21.7. The first-order valence-electron chi connectivity index (χ1n) is 9.72. The van der Waals surface area contributed by atoms with E-state index in [1.165, 1.54) is 0 Å². The molecule has 0 aromatic heterocycles. The molecule has 0 bridgehead atoms. The fourth-order valence-corrected chi connectivity index (χ4v) is 4.57. The minimum Gasteiger partial charge on any atom is -0.475 e. The van der Waals surface area contributed by atoms with E-state index in [9.17, 15) is 0 Å². The summed E-state index contributed by atoms with van der Waals surface area (Å²) in [5.74, 6) is 1.61. The van der Waals surface area contributed by atoms with E-state index in [0.29, 0.717) is 17.6 Å². The second-order valence-electron chi connectivity index (χ2n) is 10.6. The van der Waals surface area contributed by atoms with Crippen LogP contribution >= 0.6 is 11.8 Å². The van der Waals surface area contributed by atoms with Gasteiger partial charge in [-0.3, -0.25) is 5.41 Å². The number of ether oxygens (including phenoxy) is 1. The third-order valence-corrected chi connectivity index (χ3v) is 6.75. The van der Waals surface area contributed by atoms with Crippen LogP contribution in [-0.4, -0.2) is 39.8 Å². The second kappa shape index (κ2) is 9.29. The third-order valence-electron chi connectivity index (χ3n) is 5.23. The highest BCUT2D eigenvalue weighted by molar-refractivity contribution is 8.00. The van der Waals surface area contributed by atoms with Crippen molar-refractivity contribution in [1.82, 2.24) is 0 Å². The van der Waals surface area contributed by atoms with Gasteiger partial charge in [-0.2, -0.15) is 11.8 Å². The molecule has 0 fully saturated rings. The molecule has 0 aromatic carbocycles. The highest BCUT2D eigenvalue weighted by Crippen LogP contribution is 2.41. The molecular weight excluding hydrogens is 344 g/mol. The quantitative estimate of drug-likeness (QED) is 0.341. The van der Waals surface area contributed by atoms with Crippen LogP contribution in [0.4, 0.5) is 0 Å². The normalized spacial score (nSPS) is 15.3. The number of aliphatic hydroxyl groups is 1. The second-order valence-corrected chi connectivity index (χ2v) is 12.3. The van der Waals surface area contributed by atoms with Crippen molar-refractivity contribution in [2.45, 2.75) is 98.5 Å². The van der Waals surface area contributed by atoms with Gasteiger partial charge in [-0.15, -0.1) is 0 Å².